The van der Waals surface area contributed by atoms with Gasteiger partial charge in [0.15, 0.2) is 30.0 Å². The van der Waals surface area contributed by atoms with Gasteiger partial charge in [-0.3, -0.25) is 9.59 Å². The summed E-state index contributed by atoms with van der Waals surface area (Å²) >= 11 is 0. The molecule has 0 saturated carbocycles. The summed E-state index contributed by atoms with van der Waals surface area (Å²) in [6.07, 6.45) is 0. The number of likely N-dealkylation sites (N-methyl/N-ethyl adjacent to an activating group) is 1. The van der Waals surface area contributed by atoms with E-state index >= 15 is 0 Å². The van der Waals surface area contributed by atoms with Gasteiger partial charge in [-0.2, -0.15) is 0 Å². The summed E-state index contributed by atoms with van der Waals surface area (Å²) in [4.78, 5) is 25.3. The number of hydrogen-bond acceptors (Lipinski definition) is 2. The monoisotopic (exact) mass is 408 g/mol. The summed E-state index contributed by atoms with van der Waals surface area (Å²) < 4.78 is 40.0. The van der Waals surface area contributed by atoms with E-state index in [1.54, 1.807) is 14.0 Å². The highest BCUT2D eigenvalue weighted by molar-refractivity contribution is 5.95. The number of carbonyl (C=O) groups is 2. The summed E-state index contributed by atoms with van der Waals surface area (Å²) in [5.74, 6) is -5.36. The molecule has 0 bridgehead atoms. The zero-order chi connectivity index (χ0) is 21.9. The maximum atomic E-state index is 13.7. The van der Waals surface area contributed by atoms with E-state index in [4.69, 9.17) is 0 Å². The molecule has 0 radical (unpaired) electrons. The van der Waals surface area contributed by atoms with Crippen LogP contribution < -0.4 is 15.5 Å². The van der Waals surface area contributed by atoms with Gasteiger partial charge >= 0.3 is 0 Å². The first kappa shape index (κ1) is 22.4. The SMILES string of the molecule is Cc1cc(C)c(NC(=O)[C@H](C)[NH+](C)CC(=O)Nc2ccc(F)c(F)c2F)c(C)c1. The number of amides is 2. The van der Waals surface area contributed by atoms with Crippen LogP contribution in [0.3, 0.4) is 0 Å². The second-order valence-corrected chi connectivity index (χ2v) is 7.28. The smallest absolute Gasteiger partial charge is 0.282 e. The number of halogens is 3. The van der Waals surface area contributed by atoms with Crippen LogP contribution in [0.5, 0.6) is 0 Å². The highest BCUT2D eigenvalue weighted by Gasteiger charge is 2.25. The molecule has 0 fully saturated rings. The van der Waals surface area contributed by atoms with Crippen molar-refractivity contribution in [2.75, 3.05) is 24.2 Å². The Balaban J connectivity index is 2.01. The van der Waals surface area contributed by atoms with Crippen LogP contribution in [0.25, 0.3) is 0 Å². The van der Waals surface area contributed by atoms with Gasteiger partial charge in [-0.05, 0) is 51.0 Å². The predicted octanol–water partition coefficient (Wildman–Crippen LogP) is 2.51. The Morgan fingerprint density at radius 3 is 2.17 bits per heavy atom. The fourth-order valence-electron chi connectivity index (χ4n) is 3.06. The number of carbonyl (C=O) groups excluding carboxylic acids is 2. The van der Waals surface area contributed by atoms with Crippen molar-refractivity contribution >= 4 is 23.2 Å². The number of benzene rings is 2. The van der Waals surface area contributed by atoms with E-state index in [2.05, 4.69) is 10.6 Å². The van der Waals surface area contributed by atoms with Crippen LogP contribution in [0.4, 0.5) is 24.5 Å². The molecule has 2 rings (SSSR count). The third kappa shape index (κ3) is 5.35. The summed E-state index contributed by atoms with van der Waals surface area (Å²) in [5.41, 5.74) is 3.24. The Bertz CT molecular complexity index is 924. The Hall–Kier alpha value is -2.87. The highest BCUT2D eigenvalue weighted by atomic mass is 19.2. The zero-order valence-corrected chi connectivity index (χ0v) is 17.0. The summed E-state index contributed by atoms with van der Waals surface area (Å²) in [5, 5.41) is 5.09. The number of aryl methyl sites for hydroxylation is 3. The van der Waals surface area contributed by atoms with Crippen molar-refractivity contribution in [3.8, 4) is 0 Å². The molecule has 0 spiro atoms. The second kappa shape index (κ2) is 9.09. The molecular formula is C21H25F3N3O2+. The van der Waals surface area contributed by atoms with Crippen LogP contribution >= 0.6 is 0 Å². The largest absolute Gasteiger partial charge is 0.320 e. The van der Waals surface area contributed by atoms with Crippen LogP contribution in [-0.4, -0.2) is 31.4 Å². The van der Waals surface area contributed by atoms with Crippen LogP contribution in [0.2, 0.25) is 0 Å². The van der Waals surface area contributed by atoms with Crippen molar-refractivity contribution in [3.63, 3.8) is 0 Å². The molecule has 2 atom stereocenters. The molecule has 8 heteroatoms. The minimum atomic E-state index is -1.65. The zero-order valence-electron chi connectivity index (χ0n) is 17.0. The molecule has 0 aromatic heterocycles. The van der Waals surface area contributed by atoms with E-state index < -0.39 is 35.1 Å². The highest BCUT2D eigenvalue weighted by Crippen LogP contribution is 2.22. The number of anilines is 2. The van der Waals surface area contributed by atoms with Crippen molar-refractivity contribution < 1.29 is 27.7 Å². The second-order valence-electron chi connectivity index (χ2n) is 7.28. The molecule has 2 aromatic rings. The quantitative estimate of drug-likeness (QED) is 0.644. The van der Waals surface area contributed by atoms with Gasteiger partial charge in [-0.1, -0.05) is 17.7 Å². The summed E-state index contributed by atoms with van der Waals surface area (Å²) in [7, 11) is 1.64. The van der Waals surface area contributed by atoms with Crippen molar-refractivity contribution in [2.24, 2.45) is 0 Å². The lowest BCUT2D eigenvalue weighted by molar-refractivity contribution is -0.885. The number of hydrogen-bond donors (Lipinski definition) is 3. The molecule has 2 aromatic carbocycles. The van der Waals surface area contributed by atoms with Crippen molar-refractivity contribution in [3.05, 3.63) is 58.4 Å². The molecule has 1 unspecified atom stereocenters. The Labute approximate surface area is 167 Å². The van der Waals surface area contributed by atoms with Gasteiger partial charge in [-0.15, -0.1) is 0 Å². The molecule has 5 nitrogen and oxygen atoms in total. The van der Waals surface area contributed by atoms with Gasteiger partial charge in [-0.25, -0.2) is 13.2 Å². The molecular weight excluding hydrogens is 383 g/mol. The molecule has 0 aliphatic carbocycles. The minimum absolute atomic E-state index is 0.168. The van der Waals surface area contributed by atoms with Crippen LogP contribution in [0.15, 0.2) is 24.3 Å². The van der Waals surface area contributed by atoms with E-state index in [0.29, 0.717) is 4.90 Å². The van der Waals surface area contributed by atoms with E-state index in [1.165, 1.54) is 0 Å². The first-order valence-electron chi connectivity index (χ1n) is 9.15. The van der Waals surface area contributed by atoms with Gasteiger partial charge in [0.25, 0.3) is 11.8 Å². The standard InChI is InChI=1S/C21H24F3N3O2/c1-11-8-12(2)20(13(3)9-11)26-21(29)14(4)27(5)10-17(28)25-16-7-6-15(22)18(23)19(16)24/h6-9,14H,10H2,1-5H3,(H,25,28)(H,26,29)/p+1/t14-/m0/s1. The van der Waals surface area contributed by atoms with Gasteiger partial charge in [0.2, 0.25) is 0 Å². The molecule has 0 aliphatic heterocycles. The van der Waals surface area contributed by atoms with E-state index in [-0.39, 0.29) is 12.5 Å². The topological polar surface area (TPSA) is 62.6 Å². The van der Waals surface area contributed by atoms with E-state index in [9.17, 15) is 22.8 Å². The predicted molar refractivity (Wildman–Crippen MR) is 105 cm³/mol. The van der Waals surface area contributed by atoms with Crippen LogP contribution in [0.1, 0.15) is 23.6 Å². The first-order valence-corrected chi connectivity index (χ1v) is 9.15. The average Bonchev–Trinajstić information content (AvgIpc) is 2.64. The lowest BCUT2D eigenvalue weighted by Crippen LogP contribution is -3.14. The third-order valence-corrected chi connectivity index (χ3v) is 4.81. The average molecular weight is 408 g/mol. The lowest BCUT2D eigenvalue weighted by atomic mass is 10.0. The maximum Gasteiger partial charge on any atom is 0.282 e. The molecule has 2 amide bonds. The van der Waals surface area contributed by atoms with Gasteiger partial charge in [0, 0.05) is 5.69 Å². The molecule has 29 heavy (non-hydrogen) atoms. The molecule has 3 N–H and O–H groups in total. The normalized spacial score (nSPS) is 13.0. The van der Waals surface area contributed by atoms with Crippen molar-refractivity contribution in [1.29, 1.82) is 0 Å². The molecule has 0 saturated heterocycles. The number of quaternary nitrogens is 1. The molecule has 0 aliphatic rings. The maximum absolute atomic E-state index is 13.7. The molecule has 156 valence electrons. The summed E-state index contributed by atoms with van der Waals surface area (Å²) in [6.45, 7) is 7.27. The van der Waals surface area contributed by atoms with E-state index in [1.807, 2.05) is 32.9 Å². The fraction of sp³-hybridized carbons (Fsp3) is 0.333. The van der Waals surface area contributed by atoms with Gasteiger partial charge in [0.1, 0.15) is 0 Å². The molecule has 0 heterocycles. The van der Waals surface area contributed by atoms with Crippen molar-refractivity contribution in [2.45, 2.75) is 33.7 Å². The number of rotatable bonds is 6. The number of nitrogens with one attached hydrogen (secondary N) is 3. The Kier molecular flexibility index (Phi) is 7.02. The van der Waals surface area contributed by atoms with Gasteiger partial charge < -0.3 is 15.5 Å². The lowest BCUT2D eigenvalue weighted by Gasteiger charge is -2.22. The third-order valence-electron chi connectivity index (χ3n) is 4.81. The van der Waals surface area contributed by atoms with Crippen molar-refractivity contribution in [1.82, 2.24) is 0 Å². The van der Waals surface area contributed by atoms with Gasteiger partial charge in [0.05, 0.1) is 12.7 Å². The Morgan fingerprint density at radius 1 is 1.00 bits per heavy atom. The van der Waals surface area contributed by atoms with Crippen LogP contribution in [-0.2, 0) is 9.59 Å². The van der Waals surface area contributed by atoms with E-state index in [0.717, 1.165) is 34.5 Å². The minimum Gasteiger partial charge on any atom is -0.320 e. The van der Waals surface area contributed by atoms with Crippen LogP contribution in [0, 0.1) is 38.2 Å². The Morgan fingerprint density at radius 2 is 1.59 bits per heavy atom. The fourth-order valence-corrected chi connectivity index (χ4v) is 3.06. The summed E-state index contributed by atoms with van der Waals surface area (Å²) in [6, 6.07) is 5.02. The first-order chi connectivity index (χ1) is 13.5.